The topological polar surface area (TPSA) is 88.9 Å². The Bertz CT molecular complexity index is 687. The van der Waals surface area contributed by atoms with E-state index in [-0.39, 0.29) is 24.3 Å². The van der Waals surface area contributed by atoms with Gasteiger partial charge in [0.25, 0.3) is 0 Å². The summed E-state index contributed by atoms with van der Waals surface area (Å²) in [6.45, 7) is 4.09. The number of carbonyl (C=O) groups excluding carboxylic acids is 2. The van der Waals surface area contributed by atoms with Crippen LogP contribution in [0.3, 0.4) is 0 Å². The average Bonchev–Trinajstić information content (AvgIpc) is 3.01. The average molecular weight is 345 g/mol. The number of thioether (sulfide) groups is 1. The van der Waals surface area contributed by atoms with Gasteiger partial charge in [0.1, 0.15) is 12.9 Å². The largest absolute Gasteiger partial charge is 0.350 e. The summed E-state index contributed by atoms with van der Waals surface area (Å²) in [5.41, 5.74) is 1.02. The third-order valence-electron chi connectivity index (χ3n) is 2.89. The van der Waals surface area contributed by atoms with E-state index < -0.39 is 0 Å². The smallest absolute Gasteiger partial charge is 0.248 e. The van der Waals surface area contributed by atoms with Gasteiger partial charge in [-0.15, -0.1) is 23.4 Å². The molecule has 7 nitrogen and oxygen atoms in total. The lowest BCUT2D eigenvalue weighted by atomic mass is 10.2. The molecular weight excluding hydrogens is 326 g/mol. The van der Waals surface area contributed by atoms with Gasteiger partial charge in [-0.05, 0) is 5.56 Å². The molecule has 2 aromatic rings. The lowest BCUT2D eigenvalue weighted by Crippen LogP contribution is -2.27. The second kappa shape index (κ2) is 9.51. The highest BCUT2D eigenvalue weighted by Crippen LogP contribution is 2.03. The zero-order valence-electron chi connectivity index (χ0n) is 13.1. The van der Waals surface area contributed by atoms with Crippen molar-refractivity contribution in [1.29, 1.82) is 0 Å². The predicted molar refractivity (Wildman–Crippen MR) is 94.5 cm³/mol. The van der Waals surface area contributed by atoms with E-state index in [1.54, 1.807) is 6.08 Å². The van der Waals surface area contributed by atoms with E-state index in [1.165, 1.54) is 22.8 Å². The Hall–Kier alpha value is -2.61. The molecule has 8 heteroatoms. The van der Waals surface area contributed by atoms with Crippen molar-refractivity contribution in [1.82, 2.24) is 20.1 Å². The second-order valence-electron chi connectivity index (χ2n) is 4.88. The van der Waals surface area contributed by atoms with E-state index in [2.05, 4.69) is 27.3 Å². The van der Waals surface area contributed by atoms with E-state index in [0.29, 0.717) is 18.1 Å². The van der Waals surface area contributed by atoms with Gasteiger partial charge in [0.15, 0.2) is 0 Å². The van der Waals surface area contributed by atoms with E-state index >= 15 is 0 Å². The van der Waals surface area contributed by atoms with E-state index in [0.717, 1.165) is 5.56 Å². The van der Waals surface area contributed by atoms with Crippen molar-refractivity contribution in [3.63, 3.8) is 0 Å². The molecule has 0 saturated heterocycles. The summed E-state index contributed by atoms with van der Waals surface area (Å²) >= 11 is 1.45. The number of nitrogens with zero attached hydrogens (tertiary/aromatic N) is 3. The van der Waals surface area contributed by atoms with Gasteiger partial charge in [0.05, 0.1) is 5.75 Å². The molecule has 1 aromatic heterocycles. The van der Waals surface area contributed by atoms with Gasteiger partial charge in [0, 0.05) is 12.3 Å². The molecule has 2 rings (SSSR count). The molecule has 24 heavy (non-hydrogen) atoms. The minimum Gasteiger partial charge on any atom is -0.350 e. The predicted octanol–water partition coefficient (Wildman–Crippen LogP) is 1.45. The molecule has 0 bridgehead atoms. The van der Waals surface area contributed by atoms with Gasteiger partial charge in [-0.25, -0.2) is 9.67 Å². The molecule has 0 radical (unpaired) electrons. The number of hydrogen-bond acceptors (Lipinski definition) is 5. The van der Waals surface area contributed by atoms with Crippen LogP contribution >= 0.6 is 11.8 Å². The highest BCUT2D eigenvalue weighted by Gasteiger charge is 2.08. The number of carbonyl (C=O) groups is 2. The maximum absolute atomic E-state index is 11.9. The first kappa shape index (κ1) is 17.7. The molecule has 0 atom stereocenters. The minimum atomic E-state index is -0.187. The fraction of sp³-hybridized carbons (Fsp3) is 0.250. The highest BCUT2D eigenvalue weighted by molar-refractivity contribution is 8.00. The van der Waals surface area contributed by atoms with Crippen molar-refractivity contribution >= 4 is 29.5 Å². The molecule has 1 heterocycles. The lowest BCUT2D eigenvalue weighted by Gasteiger charge is -2.05. The van der Waals surface area contributed by atoms with Crippen LogP contribution in [-0.4, -0.2) is 38.1 Å². The molecule has 0 saturated carbocycles. The summed E-state index contributed by atoms with van der Waals surface area (Å²) in [4.78, 5) is 27.5. The number of benzene rings is 1. The summed E-state index contributed by atoms with van der Waals surface area (Å²) in [5, 5.41) is 9.44. The van der Waals surface area contributed by atoms with Crippen molar-refractivity contribution in [3.8, 4) is 0 Å². The van der Waals surface area contributed by atoms with Gasteiger partial charge < -0.3 is 5.32 Å². The standard InChI is InChI=1S/C16H19N5O2S/c1-2-8-24-11-15(23)19-16-18-12-21(20-16)10-14(22)17-9-13-6-4-3-5-7-13/h2-7,12H,1,8-11H2,(H,17,22)(H,19,20,23). The summed E-state index contributed by atoms with van der Waals surface area (Å²) in [7, 11) is 0. The highest BCUT2D eigenvalue weighted by atomic mass is 32.2. The van der Waals surface area contributed by atoms with Crippen LogP contribution in [0, 0.1) is 0 Å². The summed E-state index contributed by atoms with van der Waals surface area (Å²) in [5.74, 6) is 0.834. The molecule has 2 N–H and O–H groups in total. The second-order valence-corrected chi connectivity index (χ2v) is 5.91. The Labute approximate surface area is 144 Å². The van der Waals surface area contributed by atoms with Crippen molar-refractivity contribution < 1.29 is 9.59 Å². The first-order chi connectivity index (χ1) is 11.7. The Morgan fingerprint density at radius 1 is 1.25 bits per heavy atom. The third-order valence-corrected chi connectivity index (χ3v) is 3.83. The van der Waals surface area contributed by atoms with Crippen molar-refractivity contribution in [2.45, 2.75) is 13.1 Å². The van der Waals surface area contributed by atoms with E-state index in [1.807, 2.05) is 30.3 Å². The minimum absolute atomic E-state index is 0.0426. The van der Waals surface area contributed by atoms with Gasteiger partial charge in [-0.3, -0.25) is 14.9 Å². The Morgan fingerprint density at radius 2 is 2.04 bits per heavy atom. The number of rotatable bonds is 9. The van der Waals surface area contributed by atoms with Crippen LogP contribution < -0.4 is 10.6 Å². The SMILES string of the molecule is C=CCSCC(=O)Nc1ncn(CC(=O)NCc2ccccc2)n1. The van der Waals surface area contributed by atoms with Gasteiger partial charge in [-0.2, -0.15) is 0 Å². The number of hydrogen-bond donors (Lipinski definition) is 2. The van der Waals surface area contributed by atoms with Crippen LogP contribution in [0.2, 0.25) is 0 Å². The van der Waals surface area contributed by atoms with Crippen LogP contribution in [-0.2, 0) is 22.7 Å². The molecule has 126 valence electrons. The van der Waals surface area contributed by atoms with E-state index in [9.17, 15) is 9.59 Å². The van der Waals surface area contributed by atoms with Gasteiger partial charge in [-0.1, -0.05) is 36.4 Å². The Kier molecular flexibility index (Phi) is 7.03. The fourth-order valence-electron chi connectivity index (χ4n) is 1.82. The first-order valence-corrected chi connectivity index (χ1v) is 8.51. The zero-order chi connectivity index (χ0) is 17.2. The fourth-order valence-corrected chi connectivity index (χ4v) is 2.37. The normalized spacial score (nSPS) is 10.2. The van der Waals surface area contributed by atoms with E-state index in [4.69, 9.17) is 0 Å². The summed E-state index contributed by atoms with van der Waals surface area (Å²) in [6, 6.07) is 9.64. The Balaban J connectivity index is 1.75. The molecule has 0 aliphatic rings. The van der Waals surface area contributed by atoms with Crippen LogP contribution in [0.4, 0.5) is 5.95 Å². The molecule has 0 spiro atoms. The maximum atomic E-state index is 11.9. The quantitative estimate of drug-likeness (QED) is 0.530. The van der Waals surface area contributed by atoms with Gasteiger partial charge in [0.2, 0.25) is 17.8 Å². The third kappa shape index (κ3) is 6.25. The summed E-state index contributed by atoms with van der Waals surface area (Å²) in [6.07, 6.45) is 3.15. The van der Waals surface area contributed by atoms with Gasteiger partial charge >= 0.3 is 0 Å². The summed E-state index contributed by atoms with van der Waals surface area (Å²) < 4.78 is 1.38. The van der Waals surface area contributed by atoms with Crippen LogP contribution in [0.15, 0.2) is 49.3 Å². The van der Waals surface area contributed by atoms with Crippen LogP contribution in [0.25, 0.3) is 0 Å². The lowest BCUT2D eigenvalue weighted by molar-refractivity contribution is -0.122. The molecule has 0 unspecified atom stereocenters. The molecular formula is C16H19N5O2S. The Morgan fingerprint density at radius 3 is 2.79 bits per heavy atom. The zero-order valence-corrected chi connectivity index (χ0v) is 14.0. The van der Waals surface area contributed by atoms with Crippen molar-refractivity contribution in [2.75, 3.05) is 16.8 Å². The van der Waals surface area contributed by atoms with Crippen molar-refractivity contribution in [2.24, 2.45) is 0 Å². The van der Waals surface area contributed by atoms with Crippen molar-refractivity contribution in [3.05, 3.63) is 54.9 Å². The molecule has 0 aliphatic carbocycles. The molecule has 0 fully saturated rings. The number of aromatic nitrogens is 3. The monoisotopic (exact) mass is 345 g/mol. The molecule has 2 amide bonds. The number of amides is 2. The first-order valence-electron chi connectivity index (χ1n) is 7.36. The van der Waals surface area contributed by atoms with Crippen LogP contribution in [0.1, 0.15) is 5.56 Å². The molecule has 0 aliphatic heterocycles. The maximum Gasteiger partial charge on any atom is 0.248 e. The number of nitrogens with one attached hydrogen (secondary N) is 2. The number of anilines is 1. The molecule has 1 aromatic carbocycles. The van der Waals surface area contributed by atoms with Crippen LogP contribution in [0.5, 0.6) is 0 Å².